The van der Waals surface area contributed by atoms with E-state index < -0.39 is 15.4 Å². The minimum Gasteiger partial charge on any atom is -0.381 e. The third-order valence-electron chi connectivity index (χ3n) is 5.42. The van der Waals surface area contributed by atoms with E-state index in [4.69, 9.17) is 5.41 Å². The summed E-state index contributed by atoms with van der Waals surface area (Å²) in [7, 11) is -3.07. The Bertz CT molecular complexity index is 1150. The molecule has 1 saturated heterocycles. The van der Waals surface area contributed by atoms with Crippen molar-refractivity contribution in [3.63, 3.8) is 0 Å². The van der Waals surface area contributed by atoms with Crippen molar-refractivity contribution in [2.75, 3.05) is 16.8 Å². The number of hydrogen-bond acceptors (Lipinski definition) is 7. The van der Waals surface area contributed by atoms with Gasteiger partial charge < -0.3 is 10.6 Å². The minimum absolute atomic E-state index is 0. The van der Waals surface area contributed by atoms with Gasteiger partial charge in [-0.05, 0) is 57.2 Å². The molecule has 2 fully saturated rings. The van der Waals surface area contributed by atoms with Gasteiger partial charge in [0.1, 0.15) is 5.69 Å². The summed E-state index contributed by atoms with van der Waals surface area (Å²) in [4.78, 5) is 21.5. The van der Waals surface area contributed by atoms with Crippen LogP contribution in [0, 0.1) is 5.41 Å². The number of sulfone groups is 1. The molecular weight excluding hydrogens is 414 g/mol. The van der Waals surface area contributed by atoms with Crippen molar-refractivity contribution in [3.05, 3.63) is 53.1 Å². The van der Waals surface area contributed by atoms with E-state index in [2.05, 4.69) is 20.6 Å². The third-order valence-corrected chi connectivity index (χ3v) is 7.57. The Hall–Kier alpha value is -2.81. The van der Waals surface area contributed by atoms with E-state index in [0.29, 0.717) is 28.4 Å². The van der Waals surface area contributed by atoms with Crippen LogP contribution in [0.15, 0.2) is 30.7 Å². The van der Waals surface area contributed by atoms with Crippen molar-refractivity contribution in [2.24, 2.45) is 0 Å². The molecular formula is C22H29N5O3S. The van der Waals surface area contributed by atoms with Crippen LogP contribution in [0.5, 0.6) is 0 Å². The van der Waals surface area contributed by atoms with E-state index in [1.54, 1.807) is 19.2 Å². The predicted octanol–water partition coefficient (Wildman–Crippen LogP) is 2.75. The van der Waals surface area contributed by atoms with Crippen LogP contribution < -0.4 is 10.6 Å². The Morgan fingerprint density at radius 3 is 2.52 bits per heavy atom. The average Bonchev–Trinajstić information content (AvgIpc) is 3.50. The summed E-state index contributed by atoms with van der Waals surface area (Å²) in [5, 5.41) is 14.8. The number of carbonyl (C=O) groups excluding carboxylic acids is 1. The monoisotopic (exact) mass is 443 g/mol. The molecule has 166 valence electrons. The van der Waals surface area contributed by atoms with E-state index in [1.165, 1.54) is 6.20 Å². The first-order chi connectivity index (χ1) is 14.6. The first-order valence-corrected chi connectivity index (χ1v) is 12.2. The van der Waals surface area contributed by atoms with Crippen LogP contribution in [-0.2, 0) is 9.84 Å². The Balaban J connectivity index is 0.00000289. The lowest BCUT2D eigenvalue weighted by Crippen LogP contribution is -2.63. The standard InChI is InChI=1S/C22H27N5O3S.H2/c1-13(2)26-18-7-17(21(28)27-22(3)11-31(29,30)12-22)10-25-20(18)19(23)16-6-15(8-24-9-16)14-4-5-14;/h6-10,13-14,23,26H,4-5,11-12H2,1-3H3,(H,27,28);1H. The summed E-state index contributed by atoms with van der Waals surface area (Å²) >= 11 is 0. The summed E-state index contributed by atoms with van der Waals surface area (Å²) in [6.45, 7) is 5.65. The van der Waals surface area contributed by atoms with Crippen molar-refractivity contribution in [2.45, 2.75) is 51.1 Å². The Kier molecular flexibility index (Phi) is 5.33. The minimum atomic E-state index is -3.07. The molecule has 0 unspecified atom stereocenters. The van der Waals surface area contributed by atoms with Gasteiger partial charge >= 0.3 is 0 Å². The van der Waals surface area contributed by atoms with Crippen LogP contribution in [0.1, 0.15) is 68.1 Å². The van der Waals surface area contributed by atoms with E-state index in [-0.39, 0.29) is 30.6 Å². The van der Waals surface area contributed by atoms with Gasteiger partial charge in [0.15, 0.2) is 9.84 Å². The molecule has 9 heteroatoms. The molecule has 0 atom stereocenters. The van der Waals surface area contributed by atoms with Crippen LogP contribution in [0.4, 0.5) is 5.69 Å². The van der Waals surface area contributed by atoms with Crippen LogP contribution >= 0.6 is 0 Å². The molecule has 1 aliphatic heterocycles. The molecule has 1 aliphatic carbocycles. The zero-order valence-corrected chi connectivity index (χ0v) is 18.7. The fourth-order valence-electron chi connectivity index (χ4n) is 3.93. The second kappa shape index (κ2) is 7.71. The zero-order valence-electron chi connectivity index (χ0n) is 17.9. The Labute approximate surface area is 183 Å². The molecule has 0 spiro atoms. The molecule has 8 nitrogen and oxygen atoms in total. The summed E-state index contributed by atoms with van der Waals surface area (Å²) in [5.74, 6) is 0.0172. The highest BCUT2D eigenvalue weighted by Gasteiger charge is 2.45. The van der Waals surface area contributed by atoms with Gasteiger partial charge in [-0.3, -0.25) is 20.2 Å². The molecule has 2 aromatic rings. The number of nitrogens with zero attached hydrogens (tertiary/aromatic N) is 2. The summed E-state index contributed by atoms with van der Waals surface area (Å²) in [6, 6.07) is 3.73. The lowest BCUT2D eigenvalue weighted by molar-refractivity contribution is 0.0916. The fraction of sp³-hybridized carbons (Fsp3) is 0.455. The number of nitrogens with one attached hydrogen (secondary N) is 3. The molecule has 0 bridgehead atoms. The smallest absolute Gasteiger partial charge is 0.253 e. The predicted molar refractivity (Wildman–Crippen MR) is 122 cm³/mol. The number of rotatable bonds is 7. The van der Waals surface area contributed by atoms with Gasteiger partial charge in [-0.1, -0.05) is 0 Å². The highest BCUT2D eigenvalue weighted by atomic mass is 32.2. The van der Waals surface area contributed by atoms with Gasteiger partial charge in [0.25, 0.3) is 5.91 Å². The Morgan fingerprint density at radius 2 is 1.90 bits per heavy atom. The lowest BCUT2D eigenvalue weighted by atomic mass is 10.0. The molecule has 1 amide bonds. The van der Waals surface area contributed by atoms with Gasteiger partial charge in [0, 0.05) is 31.6 Å². The van der Waals surface area contributed by atoms with Crippen LogP contribution in [0.2, 0.25) is 0 Å². The van der Waals surface area contributed by atoms with E-state index in [0.717, 1.165) is 18.4 Å². The fourth-order valence-corrected chi connectivity index (χ4v) is 5.93. The molecule has 3 N–H and O–H groups in total. The quantitative estimate of drug-likeness (QED) is 0.565. The number of carbonyl (C=O) groups is 1. The molecule has 0 radical (unpaired) electrons. The molecule has 2 aliphatic rings. The first-order valence-electron chi connectivity index (χ1n) is 10.4. The SMILES string of the molecule is CC(C)Nc1cc(C(=O)NC2(C)CS(=O)(=O)C2)cnc1C(=N)c1cncc(C2CC2)c1.[HH]. The van der Waals surface area contributed by atoms with E-state index in [1.807, 2.05) is 26.1 Å². The molecule has 31 heavy (non-hydrogen) atoms. The van der Waals surface area contributed by atoms with Crippen molar-refractivity contribution >= 4 is 27.1 Å². The number of pyridine rings is 2. The zero-order chi connectivity index (χ0) is 22.4. The number of aromatic nitrogens is 2. The number of hydrogen-bond donors (Lipinski definition) is 3. The maximum absolute atomic E-state index is 12.7. The molecule has 2 aromatic heterocycles. The van der Waals surface area contributed by atoms with Crippen LogP contribution in [0.3, 0.4) is 0 Å². The number of amides is 1. The maximum Gasteiger partial charge on any atom is 0.253 e. The molecule has 0 aromatic carbocycles. The maximum atomic E-state index is 12.7. The first kappa shape index (κ1) is 21.4. The van der Waals surface area contributed by atoms with Crippen molar-refractivity contribution in [1.82, 2.24) is 15.3 Å². The highest BCUT2D eigenvalue weighted by Crippen LogP contribution is 2.40. The van der Waals surface area contributed by atoms with E-state index in [9.17, 15) is 13.2 Å². The van der Waals surface area contributed by atoms with Gasteiger partial charge in [-0.2, -0.15) is 0 Å². The Morgan fingerprint density at radius 1 is 1.19 bits per heavy atom. The number of anilines is 1. The summed E-state index contributed by atoms with van der Waals surface area (Å²) in [6.07, 6.45) is 7.25. The summed E-state index contributed by atoms with van der Waals surface area (Å²) in [5.41, 5.74) is 2.64. The van der Waals surface area contributed by atoms with Gasteiger partial charge in [0.05, 0.1) is 34.0 Å². The van der Waals surface area contributed by atoms with Crippen LogP contribution in [0.25, 0.3) is 0 Å². The second-order valence-electron chi connectivity index (χ2n) is 9.12. The van der Waals surface area contributed by atoms with Gasteiger partial charge in [0.2, 0.25) is 0 Å². The highest BCUT2D eigenvalue weighted by molar-refractivity contribution is 7.93. The van der Waals surface area contributed by atoms with Crippen molar-refractivity contribution in [3.8, 4) is 0 Å². The van der Waals surface area contributed by atoms with E-state index >= 15 is 0 Å². The van der Waals surface area contributed by atoms with Crippen molar-refractivity contribution in [1.29, 1.82) is 5.41 Å². The molecule has 1 saturated carbocycles. The van der Waals surface area contributed by atoms with Gasteiger partial charge in [-0.15, -0.1) is 0 Å². The van der Waals surface area contributed by atoms with Crippen molar-refractivity contribution < 1.29 is 14.6 Å². The lowest BCUT2D eigenvalue weighted by Gasteiger charge is -2.38. The normalized spacial score (nSPS) is 18.8. The largest absolute Gasteiger partial charge is 0.381 e. The topological polar surface area (TPSA) is 125 Å². The molecule has 4 rings (SSSR count). The third kappa shape index (κ3) is 4.76. The molecule has 3 heterocycles. The van der Waals surface area contributed by atoms with Gasteiger partial charge in [-0.25, -0.2) is 8.42 Å². The van der Waals surface area contributed by atoms with Crippen LogP contribution in [-0.4, -0.2) is 53.1 Å². The second-order valence-corrected chi connectivity index (χ2v) is 11.2. The average molecular weight is 444 g/mol. The summed E-state index contributed by atoms with van der Waals surface area (Å²) < 4.78 is 23.0.